The van der Waals surface area contributed by atoms with Crippen molar-refractivity contribution in [3.63, 3.8) is 0 Å². The Morgan fingerprint density at radius 1 is 1.17 bits per heavy atom. The molecule has 1 aromatic carbocycles. The molecule has 180 valence electrons. The molecule has 0 unspecified atom stereocenters. The Hall–Kier alpha value is -3.56. The molecule has 0 amide bonds. The van der Waals surface area contributed by atoms with Crippen LogP contribution in [0.3, 0.4) is 0 Å². The highest BCUT2D eigenvalue weighted by molar-refractivity contribution is 6.30. The van der Waals surface area contributed by atoms with Crippen LogP contribution in [0.15, 0.2) is 47.4 Å². The van der Waals surface area contributed by atoms with Crippen molar-refractivity contribution in [3.05, 3.63) is 80.6 Å². The molecule has 1 aliphatic heterocycles. The van der Waals surface area contributed by atoms with Gasteiger partial charge in [-0.2, -0.15) is 0 Å². The van der Waals surface area contributed by atoms with Gasteiger partial charge >= 0.3 is 0 Å². The molecule has 0 radical (unpaired) electrons. The van der Waals surface area contributed by atoms with Crippen molar-refractivity contribution in [3.8, 4) is 17.3 Å². The first-order valence-electron chi connectivity index (χ1n) is 11.1. The van der Waals surface area contributed by atoms with Gasteiger partial charge in [-0.3, -0.25) is 4.79 Å². The lowest BCUT2D eigenvalue weighted by molar-refractivity contribution is 0.0393. The number of aromatic nitrogens is 4. The molecule has 35 heavy (non-hydrogen) atoms. The number of rotatable bonds is 4. The summed E-state index contributed by atoms with van der Waals surface area (Å²) >= 11 is 5.97. The summed E-state index contributed by atoms with van der Waals surface area (Å²) in [5, 5.41) is 0.257. The minimum Gasteiger partial charge on any atom is -0.481 e. The van der Waals surface area contributed by atoms with Crippen LogP contribution in [0.2, 0.25) is 5.02 Å². The lowest BCUT2D eigenvalue weighted by atomic mass is 10.1. The van der Waals surface area contributed by atoms with Crippen molar-refractivity contribution in [1.82, 2.24) is 19.4 Å². The molecule has 0 bridgehead atoms. The summed E-state index contributed by atoms with van der Waals surface area (Å²) in [4.78, 5) is 28.8. The van der Waals surface area contributed by atoms with E-state index in [0.29, 0.717) is 48.3 Å². The van der Waals surface area contributed by atoms with Gasteiger partial charge in [0.1, 0.15) is 23.4 Å². The molecule has 0 N–H and O–H groups in total. The van der Waals surface area contributed by atoms with Gasteiger partial charge in [0.25, 0.3) is 5.56 Å². The van der Waals surface area contributed by atoms with Crippen molar-refractivity contribution < 1.29 is 13.9 Å². The lowest BCUT2D eigenvalue weighted by Crippen LogP contribution is -2.39. The highest BCUT2D eigenvalue weighted by Crippen LogP contribution is 2.30. The second-order valence-corrected chi connectivity index (χ2v) is 8.76. The number of pyridine rings is 1. The Bertz CT molecular complexity index is 1490. The minimum atomic E-state index is -0.572. The number of methoxy groups -OCH3 is 1. The van der Waals surface area contributed by atoms with Crippen LogP contribution < -0.4 is 15.2 Å². The van der Waals surface area contributed by atoms with Gasteiger partial charge in [0.05, 0.1) is 19.3 Å². The second-order valence-electron chi connectivity index (χ2n) is 8.32. The first-order valence-corrected chi connectivity index (χ1v) is 11.5. The third-order valence-electron chi connectivity index (χ3n) is 6.17. The average molecular weight is 496 g/mol. The number of morpholine rings is 1. The van der Waals surface area contributed by atoms with Gasteiger partial charge < -0.3 is 14.4 Å². The van der Waals surface area contributed by atoms with Gasteiger partial charge in [0.15, 0.2) is 5.82 Å². The van der Waals surface area contributed by atoms with Crippen LogP contribution in [0.5, 0.6) is 5.88 Å². The van der Waals surface area contributed by atoms with Crippen LogP contribution in [0.1, 0.15) is 22.9 Å². The standard InChI is InChI=1S/C25H23ClFN5O3/c1-14-15(2)29-22-12-21(30-24(32(22)25(14)33)18-5-4-17(26)11-19(18)27)31-8-9-35-20(13-31)16-6-7-28-23(10-16)34-3/h4-7,10-12,20H,8-9,13H2,1-3H3/t20-/m1/s1. The molecule has 0 spiro atoms. The SMILES string of the molecule is COc1cc([C@H]2CN(c3cc4nc(C)c(C)c(=O)n4c(-c4ccc(Cl)cc4F)n3)CCO2)ccn1. The maximum atomic E-state index is 15.0. The van der Waals surface area contributed by atoms with E-state index in [-0.39, 0.29) is 28.1 Å². The van der Waals surface area contributed by atoms with E-state index in [9.17, 15) is 9.18 Å². The Morgan fingerprint density at radius 2 is 2.00 bits per heavy atom. The van der Waals surface area contributed by atoms with Gasteiger partial charge in [-0.05, 0) is 43.7 Å². The van der Waals surface area contributed by atoms with Crippen molar-refractivity contribution in [2.24, 2.45) is 0 Å². The van der Waals surface area contributed by atoms with Crippen LogP contribution in [-0.4, -0.2) is 46.2 Å². The number of halogens is 2. The normalized spacial score (nSPS) is 16.0. The van der Waals surface area contributed by atoms with Crippen molar-refractivity contribution in [1.29, 1.82) is 0 Å². The zero-order chi connectivity index (χ0) is 24.7. The second kappa shape index (κ2) is 9.24. The summed E-state index contributed by atoms with van der Waals surface area (Å²) < 4.78 is 27.6. The van der Waals surface area contributed by atoms with Crippen LogP contribution in [0.25, 0.3) is 17.0 Å². The van der Waals surface area contributed by atoms with Crippen molar-refractivity contribution in [2.75, 3.05) is 31.7 Å². The van der Waals surface area contributed by atoms with Gasteiger partial charge in [0.2, 0.25) is 5.88 Å². The van der Waals surface area contributed by atoms with Crippen molar-refractivity contribution in [2.45, 2.75) is 20.0 Å². The lowest BCUT2D eigenvalue weighted by Gasteiger charge is -2.34. The maximum Gasteiger partial charge on any atom is 0.262 e. The number of hydrogen-bond acceptors (Lipinski definition) is 7. The Labute approximate surface area is 205 Å². The van der Waals surface area contributed by atoms with Crippen LogP contribution in [0.4, 0.5) is 10.2 Å². The number of hydrogen-bond donors (Lipinski definition) is 0. The van der Waals surface area contributed by atoms with E-state index in [1.54, 1.807) is 39.3 Å². The zero-order valence-electron chi connectivity index (χ0n) is 19.5. The molecule has 4 heterocycles. The Morgan fingerprint density at radius 3 is 2.77 bits per heavy atom. The minimum absolute atomic E-state index is 0.164. The zero-order valence-corrected chi connectivity index (χ0v) is 20.2. The Kier molecular flexibility index (Phi) is 6.12. The van der Waals surface area contributed by atoms with E-state index in [1.165, 1.54) is 16.5 Å². The topological polar surface area (TPSA) is 81.9 Å². The number of fused-ring (bicyclic) bond motifs is 1. The Balaban J connectivity index is 1.64. The van der Waals surface area contributed by atoms with E-state index in [0.717, 1.165) is 5.56 Å². The summed E-state index contributed by atoms with van der Waals surface area (Å²) in [6, 6.07) is 9.77. The first-order chi connectivity index (χ1) is 16.9. The molecular weight excluding hydrogens is 473 g/mol. The molecule has 1 atom stereocenters. The number of anilines is 1. The number of benzene rings is 1. The number of ether oxygens (including phenoxy) is 2. The summed E-state index contributed by atoms with van der Waals surface area (Å²) in [6.07, 6.45) is 1.43. The molecule has 1 fully saturated rings. The van der Waals surface area contributed by atoms with Gasteiger partial charge in [-0.25, -0.2) is 23.7 Å². The molecule has 10 heteroatoms. The predicted octanol–water partition coefficient (Wildman–Crippen LogP) is 4.15. The van der Waals surface area contributed by atoms with E-state index in [1.807, 2.05) is 17.0 Å². The molecule has 0 saturated carbocycles. The fraction of sp³-hybridized carbons (Fsp3) is 0.280. The fourth-order valence-corrected chi connectivity index (χ4v) is 4.31. The van der Waals surface area contributed by atoms with Gasteiger partial charge in [-0.1, -0.05) is 11.6 Å². The smallest absolute Gasteiger partial charge is 0.262 e. The maximum absolute atomic E-state index is 15.0. The molecule has 5 rings (SSSR count). The predicted molar refractivity (Wildman–Crippen MR) is 131 cm³/mol. The van der Waals surface area contributed by atoms with E-state index in [4.69, 9.17) is 26.1 Å². The van der Waals surface area contributed by atoms with E-state index >= 15 is 0 Å². The highest BCUT2D eigenvalue weighted by Gasteiger charge is 2.26. The monoisotopic (exact) mass is 495 g/mol. The van der Waals surface area contributed by atoms with Crippen molar-refractivity contribution >= 4 is 23.1 Å². The molecule has 4 aromatic rings. The summed E-state index contributed by atoms with van der Waals surface area (Å²) in [6.45, 7) is 5.00. The molecule has 8 nitrogen and oxygen atoms in total. The molecule has 1 saturated heterocycles. The van der Waals surface area contributed by atoms with E-state index < -0.39 is 5.82 Å². The molecule has 1 aliphatic rings. The summed E-state index contributed by atoms with van der Waals surface area (Å²) in [5.41, 5.74) is 2.27. The van der Waals surface area contributed by atoms with Crippen LogP contribution in [-0.2, 0) is 4.74 Å². The third-order valence-corrected chi connectivity index (χ3v) is 6.41. The quantitative estimate of drug-likeness (QED) is 0.420. The summed E-state index contributed by atoms with van der Waals surface area (Å²) in [7, 11) is 1.56. The number of aryl methyl sites for hydroxylation is 1. The van der Waals surface area contributed by atoms with Crippen LogP contribution >= 0.6 is 11.6 Å². The summed E-state index contributed by atoms with van der Waals surface area (Å²) in [5.74, 6) is 0.666. The average Bonchev–Trinajstić information content (AvgIpc) is 2.87. The fourth-order valence-electron chi connectivity index (χ4n) is 4.15. The number of nitrogens with zero attached hydrogens (tertiary/aromatic N) is 5. The van der Waals surface area contributed by atoms with Crippen LogP contribution in [0, 0.1) is 19.7 Å². The molecule has 0 aliphatic carbocycles. The van der Waals surface area contributed by atoms with E-state index in [2.05, 4.69) is 9.97 Å². The van der Waals surface area contributed by atoms with Gasteiger partial charge in [-0.15, -0.1) is 0 Å². The highest BCUT2D eigenvalue weighted by atomic mass is 35.5. The van der Waals surface area contributed by atoms with Gasteiger partial charge in [0, 0.05) is 47.7 Å². The molecular formula is C25H23ClFN5O3. The first kappa shape index (κ1) is 23.2. The third kappa shape index (κ3) is 4.33. The molecule has 3 aromatic heterocycles. The largest absolute Gasteiger partial charge is 0.481 e.